The molecule has 0 saturated heterocycles. The molecule has 1 heterocycles. The number of anilines is 2. The van der Waals surface area contributed by atoms with Crippen LogP contribution in [0.4, 0.5) is 11.5 Å². The number of aromatic nitrogens is 2. The van der Waals surface area contributed by atoms with Gasteiger partial charge in [0, 0.05) is 7.05 Å². The van der Waals surface area contributed by atoms with Crippen LogP contribution < -0.4 is 21.9 Å². The molecule has 33 heavy (non-hydrogen) atoms. The smallest absolute Gasteiger partial charge is 0.330 e. The summed E-state index contributed by atoms with van der Waals surface area (Å²) < 4.78 is 26.1. The molecule has 0 atom stereocenters. The SMILES string of the molecule is CN(C(=O)CS(=O)(=O)CCCc1ccccc1)c1c(N)n(Cc2ccccc2)c(=O)[nH]c1=O. The lowest BCUT2D eigenvalue weighted by molar-refractivity contribution is -0.116. The molecule has 0 radical (unpaired) electrons. The number of nitrogens with zero attached hydrogens (tertiary/aromatic N) is 2. The Hall–Kier alpha value is -3.66. The van der Waals surface area contributed by atoms with E-state index >= 15 is 0 Å². The molecule has 1 amide bonds. The molecule has 2 aromatic carbocycles. The zero-order chi connectivity index (χ0) is 24.0. The van der Waals surface area contributed by atoms with Gasteiger partial charge in [-0.05, 0) is 24.0 Å². The molecule has 3 N–H and O–H groups in total. The Balaban J connectivity index is 1.74. The molecule has 0 spiro atoms. The van der Waals surface area contributed by atoms with Crippen molar-refractivity contribution in [2.75, 3.05) is 29.2 Å². The fourth-order valence-electron chi connectivity index (χ4n) is 3.45. The van der Waals surface area contributed by atoms with Crippen LogP contribution in [0.25, 0.3) is 0 Å². The fourth-order valence-corrected chi connectivity index (χ4v) is 4.75. The Morgan fingerprint density at radius 3 is 2.18 bits per heavy atom. The summed E-state index contributed by atoms with van der Waals surface area (Å²) in [6, 6.07) is 18.4. The van der Waals surface area contributed by atoms with Gasteiger partial charge in [0.1, 0.15) is 11.6 Å². The van der Waals surface area contributed by atoms with E-state index in [2.05, 4.69) is 4.98 Å². The molecule has 3 rings (SSSR count). The Morgan fingerprint density at radius 1 is 1.00 bits per heavy atom. The number of carbonyl (C=O) groups is 1. The molecule has 0 saturated carbocycles. The first-order chi connectivity index (χ1) is 15.7. The first-order valence-corrected chi connectivity index (χ1v) is 12.2. The van der Waals surface area contributed by atoms with Crippen molar-refractivity contribution in [1.29, 1.82) is 0 Å². The zero-order valence-corrected chi connectivity index (χ0v) is 19.0. The van der Waals surface area contributed by atoms with E-state index in [1.165, 1.54) is 7.05 Å². The number of carbonyl (C=O) groups excluding carboxylic acids is 1. The predicted octanol–water partition coefficient (Wildman–Crippen LogP) is 1.18. The third-order valence-corrected chi connectivity index (χ3v) is 6.81. The van der Waals surface area contributed by atoms with Crippen molar-refractivity contribution in [2.45, 2.75) is 19.4 Å². The van der Waals surface area contributed by atoms with Crippen LogP contribution in [0.5, 0.6) is 0 Å². The average Bonchev–Trinajstić information content (AvgIpc) is 2.77. The van der Waals surface area contributed by atoms with Crippen LogP contribution in [0, 0.1) is 0 Å². The lowest BCUT2D eigenvalue weighted by Gasteiger charge is -2.20. The van der Waals surface area contributed by atoms with Gasteiger partial charge in [-0.2, -0.15) is 0 Å². The molecule has 0 unspecified atom stereocenters. The van der Waals surface area contributed by atoms with Gasteiger partial charge in [-0.15, -0.1) is 0 Å². The van der Waals surface area contributed by atoms with Crippen molar-refractivity contribution in [2.24, 2.45) is 0 Å². The van der Waals surface area contributed by atoms with E-state index in [1.54, 1.807) is 24.3 Å². The maximum absolute atomic E-state index is 12.7. The highest BCUT2D eigenvalue weighted by Gasteiger charge is 2.25. The summed E-state index contributed by atoms with van der Waals surface area (Å²) in [4.78, 5) is 40.5. The van der Waals surface area contributed by atoms with Gasteiger partial charge in [0.15, 0.2) is 15.5 Å². The highest BCUT2D eigenvalue weighted by molar-refractivity contribution is 7.92. The maximum Gasteiger partial charge on any atom is 0.330 e. The van der Waals surface area contributed by atoms with E-state index in [0.29, 0.717) is 12.8 Å². The van der Waals surface area contributed by atoms with E-state index in [1.807, 2.05) is 36.4 Å². The van der Waals surface area contributed by atoms with Gasteiger partial charge < -0.3 is 10.6 Å². The summed E-state index contributed by atoms with van der Waals surface area (Å²) in [5, 5.41) is 0. The van der Waals surface area contributed by atoms with E-state index in [9.17, 15) is 22.8 Å². The van der Waals surface area contributed by atoms with Crippen molar-refractivity contribution >= 4 is 27.2 Å². The summed E-state index contributed by atoms with van der Waals surface area (Å²) in [5.74, 6) is -1.96. The van der Waals surface area contributed by atoms with Crippen LogP contribution in [0.1, 0.15) is 17.5 Å². The van der Waals surface area contributed by atoms with E-state index in [0.717, 1.165) is 20.6 Å². The molecule has 0 aliphatic heterocycles. The molecular weight excluding hydrogens is 444 g/mol. The first-order valence-electron chi connectivity index (χ1n) is 10.4. The van der Waals surface area contributed by atoms with Crippen molar-refractivity contribution in [3.8, 4) is 0 Å². The lowest BCUT2D eigenvalue weighted by Crippen LogP contribution is -2.41. The number of rotatable bonds is 9. The van der Waals surface area contributed by atoms with E-state index in [-0.39, 0.29) is 23.8 Å². The van der Waals surface area contributed by atoms with Gasteiger partial charge in [-0.3, -0.25) is 19.1 Å². The predicted molar refractivity (Wildman–Crippen MR) is 128 cm³/mol. The number of H-pyrrole nitrogens is 1. The minimum Gasteiger partial charge on any atom is -0.383 e. The number of hydrogen-bond acceptors (Lipinski definition) is 6. The second-order valence-electron chi connectivity index (χ2n) is 7.70. The Morgan fingerprint density at radius 2 is 1.58 bits per heavy atom. The molecule has 0 fully saturated rings. The first kappa shape index (κ1) is 24.0. The third-order valence-electron chi connectivity index (χ3n) is 5.21. The Kier molecular flexibility index (Phi) is 7.49. The number of nitrogens with one attached hydrogen (secondary N) is 1. The van der Waals surface area contributed by atoms with Crippen LogP contribution in [0.15, 0.2) is 70.3 Å². The minimum absolute atomic E-state index is 0.0785. The number of aryl methyl sites for hydroxylation is 1. The van der Waals surface area contributed by atoms with Gasteiger partial charge in [0.25, 0.3) is 5.56 Å². The molecule has 0 bridgehead atoms. The van der Waals surface area contributed by atoms with Crippen molar-refractivity contribution < 1.29 is 13.2 Å². The molecule has 0 aliphatic rings. The maximum atomic E-state index is 12.7. The summed E-state index contributed by atoms with van der Waals surface area (Å²) in [6.07, 6.45) is 0.940. The van der Waals surface area contributed by atoms with Gasteiger partial charge >= 0.3 is 5.69 Å². The normalized spacial score (nSPS) is 11.3. The summed E-state index contributed by atoms with van der Waals surface area (Å²) >= 11 is 0. The summed E-state index contributed by atoms with van der Waals surface area (Å²) in [7, 11) is -2.45. The summed E-state index contributed by atoms with van der Waals surface area (Å²) in [5.41, 5.74) is 6.00. The van der Waals surface area contributed by atoms with Crippen LogP contribution in [-0.2, 0) is 27.6 Å². The van der Waals surface area contributed by atoms with Crippen molar-refractivity contribution in [1.82, 2.24) is 9.55 Å². The van der Waals surface area contributed by atoms with E-state index < -0.39 is 32.7 Å². The van der Waals surface area contributed by atoms with Crippen LogP contribution >= 0.6 is 0 Å². The molecule has 1 aromatic heterocycles. The average molecular weight is 471 g/mol. The Bertz CT molecular complexity index is 1330. The van der Waals surface area contributed by atoms with Gasteiger partial charge in [-0.1, -0.05) is 60.7 Å². The molecule has 10 heteroatoms. The Labute approximate surface area is 191 Å². The zero-order valence-electron chi connectivity index (χ0n) is 18.2. The quantitative estimate of drug-likeness (QED) is 0.482. The van der Waals surface area contributed by atoms with Crippen molar-refractivity contribution in [3.05, 3.63) is 92.6 Å². The third kappa shape index (κ3) is 6.19. The monoisotopic (exact) mass is 470 g/mol. The number of benzene rings is 2. The summed E-state index contributed by atoms with van der Waals surface area (Å²) in [6.45, 7) is 0.0785. The van der Waals surface area contributed by atoms with E-state index in [4.69, 9.17) is 5.73 Å². The number of nitrogens with two attached hydrogens (primary N) is 1. The molecule has 3 aromatic rings. The molecular formula is C23H26N4O5S. The largest absolute Gasteiger partial charge is 0.383 e. The molecule has 174 valence electrons. The second kappa shape index (κ2) is 10.3. The van der Waals surface area contributed by atoms with Gasteiger partial charge in [0.2, 0.25) is 5.91 Å². The fraction of sp³-hybridized carbons (Fsp3) is 0.261. The lowest BCUT2D eigenvalue weighted by atomic mass is 10.1. The highest BCUT2D eigenvalue weighted by Crippen LogP contribution is 2.17. The standard InChI is InChI=1S/C23H26N4O5S/c1-26(19(28)16-33(31,32)14-8-13-17-9-4-2-5-10-17)20-21(24)27(23(30)25-22(20)29)15-18-11-6-3-7-12-18/h2-7,9-12H,8,13-16,24H2,1H3,(H,25,29,30). The number of nitrogen functional groups attached to an aromatic ring is 1. The topological polar surface area (TPSA) is 135 Å². The number of hydrogen-bond donors (Lipinski definition) is 2. The van der Waals surface area contributed by atoms with Crippen molar-refractivity contribution in [3.63, 3.8) is 0 Å². The molecule has 9 nitrogen and oxygen atoms in total. The number of sulfone groups is 1. The highest BCUT2D eigenvalue weighted by atomic mass is 32.2. The van der Waals surface area contributed by atoms with Crippen LogP contribution in [-0.4, -0.2) is 42.4 Å². The number of aromatic amines is 1. The van der Waals surface area contributed by atoms with Gasteiger partial charge in [-0.25, -0.2) is 13.2 Å². The second-order valence-corrected chi connectivity index (χ2v) is 9.88. The molecule has 0 aliphatic carbocycles. The van der Waals surface area contributed by atoms with Gasteiger partial charge in [0.05, 0.1) is 12.3 Å². The van der Waals surface area contributed by atoms with Crippen LogP contribution in [0.2, 0.25) is 0 Å². The number of amides is 1. The van der Waals surface area contributed by atoms with Crippen LogP contribution in [0.3, 0.4) is 0 Å². The minimum atomic E-state index is -3.71.